The molecule has 0 aliphatic heterocycles. The summed E-state index contributed by atoms with van der Waals surface area (Å²) in [6.07, 6.45) is 3.02. The van der Waals surface area contributed by atoms with Crippen LogP contribution in [-0.2, 0) is 6.54 Å². The van der Waals surface area contributed by atoms with Gasteiger partial charge in [-0.05, 0) is 0 Å². The Morgan fingerprint density at radius 2 is 2.70 bits per heavy atom. The van der Waals surface area contributed by atoms with Crippen LogP contribution in [-0.4, -0.2) is 23.0 Å². The molecule has 54 valence electrons. The summed E-state index contributed by atoms with van der Waals surface area (Å²) in [6, 6.07) is 1.86. The van der Waals surface area contributed by atoms with Crippen LogP contribution < -0.4 is 5.32 Å². The molecule has 0 spiro atoms. The van der Waals surface area contributed by atoms with Crippen molar-refractivity contribution in [3.8, 4) is 0 Å². The molecule has 0 atom stereocenters. The van der Waals surface area contributed by atoms with Crippen LogP contribution in [0.5, 0.6) is 0 Å². The van der Waals surface area contributed by atoms with Gasteiger partial charge in [0.25, 0.3) is 0 Å². The van der Waals surface area contributed by atoms with Crippen molar-refractivity contribution in [2.24, 2.45) is 0 Å². The van der Waals surface area contributed by atoms with Crippen molar-refractivity contribution < 1.29 is 0 Å². The summed E-state index contributed by atoms with van der Waals surface area (Å²) < 4.78 is 1.72. The predicted octanol–water partition coefficient (Wildman–Crippen LogP) is 0.574. The molecule has 0 aromatic carbocycles. The molecule has 0 amide bonds. The molecular formula is C6H10N4. The van der Waals surface area contributed by atoms with Crippen molar-refractivity contribution in [1.82, 2.24) is 9.78 Å². The first-order valence-corrected chi connectivity index (χ1v) is 3.07. The summed E-state index contributed by atoms with van der Waals surface area (Å²) in [7, 11) is 1.83. The Morgan fingerprint density at radius 3 is 3.30 bits per heavy atom. The molecule has 1 heterocycles. The van der Waals surface area contributed by atoms with Gasteiger partial charge in [-0.25, -0.2) is 4.68 Å². The van der Waals surface area contributed by atoms with Crippen LogP contribution in [0.15, 0.2) is 12.3 Å². The van der Waals surface area contributed by atoms with Crippen molar-refractivity contribution >= 4 is 12.0 Å². The second-order valence-electron chi connectivity index (χ2n) is 1.85. The second-order valence-corrected chi connectivity index (χ2v) is 1.85. The molecule has 0 aliphatic rings. The number of aromatic nitrogens is 2. The number of hydrogen-bond acceptors (Lipinski definition) is 3. The third kappa shape index (κ3) is 1.15. The van der Waals surface area contributed by atoms with Crippen LogP contribution in [0.4, 0.5) is 5.82 Å². The summed E-state index contributed by atoms with van der Waals surface area (Å²) in [5, 5.41) is 13.8. The standard InChI is InChI=1S/C6H10N4/c1-8-6-2-4-9-10(6)5-3-7/h2-4,7-8H,5H2,1H3. The number of hydrogen-bond donors (Lipinski definition) is 2. The van der Waals surface area contributed by atoms with Gasteiger partial charge >= 0.3 is 0 Å². The largest absolute Gasteiger partial charge is 0.373 e. The minimum Gasteiger partial charge on any atom is -0.373 e. The molecule has 0 unspecified atom stereocenters. The number of nitrogens with one attached hydrogen (secondary N) is 2. The normalized spacial score (nSPS) is 9.30. The summed E-state index contributed by atoms with van der Waals surface area (Å²) in [5.41, 5.74) is 0. The predicted molar refractivity (Wildman–Crippen MR) is 40.6 cm³/mol. The van der Waals surface area contributed by atoms with Crippen LogP contribution in [0.2, 0.25) is 0 Å². The van der Waals surface area contributed by atoms with Gasteiger partial charge in [0.15, 0.2) is 0 Å². The first kappa shape index (κ1) is 6.80. The quantitative estimate of drug-likeness (QED) is 0.600. The monoisotopic (exact) mass is 138 g/mol. The van der Waals surface area contributed by atoms with E-state index in [1.165, 1.54) is 6.21 Å². The van der Waals surface area contributed by atoms with Gasteiger partial charge in [-0.15, -0.1) is 0 Å². The number of nitrogens with zero attached hydrogens (tertiary/aromatic N) is 2. The number of rotatable bonds is 3. The molecule has 1 aromatic rings. The molecule has 10 heavy (non-hydrogen) atoms. The highest BCUT2D eigenvalue weighted by molar-refractivity contribution is 5.54. The van der Waals surface area contributed by atoms with Crippen molar-refractivity contribution in [3.63, 3.8) is 0 Å². The van der Waals surface area contributed by atoms with Gasteiger partial charge in [0, 0.05) is 19.3 Å². The fraction of sp³-hybridized carbons (Fsp3) is 0.333. The minimum absolute atomic E-state index is 0.531. The van der Waals surface area contributed by atoms with Gasteiger partial charge in [0.05, 0.1) is 12.7 Å². The molecule has 1 aromatic heterocycles. The van der Waals surface area contributed by atoms with Crippen LogP contribution in [0, 0.1) is 5.41 Å². The summed E-state index contributed by atoms with van der Waals surface area (Å²) >= 11 is 0. The average Bonchev–Trinajstić information content (AvgIpc) is 2.36. The summed E-state index contributed by atoms with van der Waals surface area (Å²) in [4.78, 5) is 0. The molecule has 0 saturated carbocycles. The van der Waals surface area contributed by atoms with Gasteiger partial charge in [0.2, 0.25) is 0 Å². The SMILES string of the molecule is CNc1ccnn1CC=N. The fourth-order valence-electron chi connectivity index (χ4n) is 0.777. The van der Waals surface area contributed by atoms with Crippen LogP contribution in [0.25, 0.3) is 0 Å². The van der Waals surface area contributed by atoms with E-state index >= 15 is 0 Å². The topological polar surface area (TPSA) is 53.7 Å². The van der Waals surface area contributed by atoms with E-state index < -0.39 is 0 Å². The van der Waals surface area contributed by atoms with Gasteiger partial charge < -0.3 is 10.7 Å². The maximum absolute atomic E-state index is 6.84. The fourth-order valence-corrected chi connectivity index (χ4v) is 0.777. The van der Waals surface area contributed by atoms with Crippen molar-refractivity contribution in [3.05, 3.63) is 12.3 Å². The lowest BCUT2D eigenvalue weighted by molar-refractivity contribution is 0.737. The first-order valence-electron chi connectivity index (χ1n) is 3.07. The second kappa shape index (κ2) is 3.00. The van der Waals surface area contributed by atoms with E-state index in [1.807, 2.05) is 13.1 Å². The van der Waals surface area contributed by atoms with E-state index in [9.17, 15) is 0 Å². The molecule has 1 rings (SSSR count). The Bertz CT molecular complexity index is 215. The lowest BCUT2D eigenvalue weighted by atomic mass is 10.6. The number of anilines is 1. The zero-order chi connectivity index (χ0) is 7.40. The van der Waals surface area contributed by atoms with Crippen molar-refractivity contribution in [2.45, 2.75) is 6.54 Å². The molecule has 0 bridgehead atoms. The molecular weight excluding hydrogens is 128 g/mol. The Kier molecular flexibility index (Phi) is 2.04. The molecule has 4 nitrogen and oxygen atoms in total. The van der Waals surface area contributed by atoms with Gasteiger partial charge in [-0.3, -0.25) is 0 Å². The van der Waals surface area contributed by atoms with E-state index in [-0.39, 0.29) is 0 Å². The molecule has 2 N–H and O–H groups in total. The Labute approximate surface area is 59.4 Å². The first-order chi connectivity index (χ1) is 4.88. The molecule has 0 aliphatic carbocycles. The molecule has 0 saturated heterocycles. The lowest BCUT2D eigenvalue weighted by Crippen LogP contribution is -2.04. The highest BCUT2D eigenvalue weighted by atomic mass is 15.3. The van der Waals surface area contributed by atoms with Crippen LogP contribution in [0.1, 0.15) is 0 Å². The molecule has 4 heteroatoms. The van der Waals surface area contributed by atoms with Gasteiger partial charge in [-0.2, -0.15) is 5.10 Å². The van der Waals surface area contributed by atoms with Gasteiger partial charge in [-0.1, -0.05) is 0 Å². The van der Waals surface area contributed by atoms with E-state index in [1.54, 1.807) is 10.9 Å². The summed E-state index contributed by atoms with van der Waals surface area (Å²) in [5.74, 6) is 0.934. The van der Waals surface area contributed by atoms with Gasteiger partial charge in [0.1, 0.15) is 5.82 Å². The third-order valence-electron chi connectivity index (χ3n) is 1.24. The van der Waals surface area contributed by atoms with E-state index in [0.29, 0.717) is 6.54 Å². The molecule has 0 fully saturated rings. The average molecular weight is 138 g/mol. The molecule has 0 radical (unpaired) electrons. The van der Waals surface area contributed by atoms with Crippen LogP contribution >= 0.6 is 0 Å². The Balaban J connectivity index is 2.79. The van der Waals surface area contributed by atoms with Crippen molar-refractivity contribution in [1.29, 1.82) is 5.41 Å². The zero-order valence-corrected chi connectivity index (χ0v) is 5.83. The minimum atomic E-state index is 0.531. The third-order valence-corrected chi connectivity index (χ3v) is 1.24. The maximum atomic E-state index is 6.84. The van der Waals surface area contributed by atoms with E-state index in [2.05, 4.69) is 10.4 Å². The van der Waals surface area contributed by atoms with Crippen molar-refractivity contribution in [2.75, 3.05) is 12.4 Å². The van der Waals surface area contributed by atoms with E-state index in [4.69, 9.17) is 5.41 Å². The van der Waals surface area contributed by atoms with E-state index in [0.717, 1.165) is 5.82 Å². The Hall–Kier alpha value is -1.32. The highest BCUT2D eigenvalue weighted by Crippen LogP contribution is 2.02. The Morgan fingerprint density at radius 1 is 1.90 bits per heavy atom. The maximum Gasteiger partial charge on any atom is 0.124 e. The highest BCUT2D eigenvalue weighted by Gasteiger charge is 1.94. The van der Waals surface area contributed by atoms with Crippen LogP contribution in [0.3, 0.4) is 0 Å². The lowest BCUT2D eigenvalue weighted by Gasteiger charge is -2.00. The zero-order valence-electron chi connectivity index (χ0n) is 5.83. The summed E-state index contributed by atoms with van der Waals surface area (Å²) in [6.45, 7) is 0.531. The smallest absolute Gasteiger partial charge is 0.124 e.